The Hall–Kier alpha value is -1.53. The Labute approximate surface area is 97.7 Å². The number of nitrogens with zero attached hydrogens (tertiary/aromatic N) is 2. The summed E-state index contributed by atoms with van der Waals surface area (Å²) in [4.78, 5) is 2.11. The van der Waals surface area contributed by atoms with Crippen molar-refractivity contribution in [2.75, 3.05) is 25.0 Å². The summed E-state index contributed by atoms with van der Waals surface area (Å²) in [6, 6.07) is 10.4. The molecule has 16 heavy (non-hydrogen) atoms. The van der Waals surface area contributed by atoms with E-state index >= 15 is 0 Å². The van der Waals surface area contributed by atoms with Crippen LogP contribution in [0, 0.1) is 11.3 Å². The molecule has 0 aliphatic rings. The van der Waals surface area contributed by atoms with Crippen molar-refractivity contribution in [3.05, 3.63) is 29.8 Å². The van der Waals surface area contributed by atoms with Crippen LogP contribution < -0.4 is 10.2 Å². The van der Waals surface area contributed by atoms with Gasteiger partial charge in [0.25, 0.3) is 0 Å². The lowest BCUT2D eigenvalue weighted by atomic mass is 10.2. The summed E-state index contributed by atoms with van der Waals surface area (Å²) >= 11 is 0. The topological polar surface area (TPSA) is 39.1 Å². The number of para-hydroxylation sites is 1. The second kappa shape index (κ2) is 6.14. The van der Waals surface area contributed by atoms with Crippen LogP contribution in [-0.4, -0.2) is 26.2 Å². The largest absolute Gasteiger partial charge is 0.372 e. The van der Waals surface area contributed by atoms with Crippen molar-refractivity contribution in [1.29, 1.82) is 5.26 Å². The van der Waals surface area contributed by atoms with Crippen LogP contribution in [0.15, 0.2) is 24.3 Å². The van der Waals surface area contributed by atoms with Gasteiger partial charge in [0.2, 0.25) is 0 Å². The molecule has 0 amide bonds. The zero-order chi connectivity index (χ0) is 12.0. The first-order chi connectivity index (χ1) is 7.65. The quantitative estimate of drug-likeness (QED) is 0.820. The summed E-state index contributed by atoms with van der Waals surface area (Å²) in [5.41, 5.74) is 1.73. The molecule has 0 saturated carbocycles. The highest BCUT2D eigenvalue weighted by molar-refractivity contribution is 5.58. The first-order valence-electron chi connectivity index (χ1n) is 5.58. The maximum absolute atomic E-state index is 8.99. The Morgan fingerprint density at radius 3 is 2.69 bits per heavy atom. The second-order valence-electron chi connectivity index (χ2n) is 4.16. The fraction of sp³-hybridized carbons (Fsp3) is 0.462. The van der Waals surface area contributed by atoms with Crippen molar-refractivity contribution in [2.24, 2.45) is 0 Å². The van der Waals surface area contributed by atoms with Gasteiger partial charge in [-0.1, -0.05) is 26.0 Å². The molecule has 3 nitrogen and oxygen atoms in total. The third kappa shape index (κ3) is 3.56. The molecule has 1 rings (SSSR count). The average molecular weight is 217 g/mol. The second-order valence-corrected chi connectivity index (χ2v) is 4.16. The van der Waals surface area contributed by atoms with Gasteiger partial charge >= 0.3 is 0 Å². The number of nitrogens with one attached hydrogen (secondary N) is 1. The lowest BCUT2D eigenvalue weighted by Crippen LogP contribution is -2.33. The number of hydrogen-bond donors (Lipinski definition) is 1. The van der Waals surface area contributed by atoms with E-state index in [4.69, 9.17) is 5.26 Å². The van der Waals surface area contributed by atoms with Crippen molar-refractivity contribution < 1.29 is 0 Å². The summed E-state index contributed by atoms with van der Waals surface area (Å²) in [7, 11) is 2.01. The van der Waals surface area contributed by atoms with E-state index in [2.05, 4.69) is 30.1 Å². The Bertz CT molecular complexity index is 366. The van der Waals surface area contributed by atoms with Crippen LogP contribution >= 0.6 is 0 Å². The van der Waals surface area contributed by atoms with Crippen molar-refractivity contribution in [3.8, 4) is 6.07 Å². The molecule has 1 N–H and O–H groups in total. The first kappa shape index (κ1) is 12.5. The minimum Gasteiger partial charge on any atom is -0.372 e. The fourth-order valence-corrected chi connectivity index (χ4v) is 1.54. The van der Waals surface area contributed by atoms with E-state index in [1.54, 1.807) is 0 Å². The highest BCUT2D eigenvalue weighted by Gasteiger charge is 2.05. The molecule has 0 atom stereocenters. The Balaban J connectivity index is 2.59. The van der Waals surface area contributed by atoms with Crippen LogP contribution in [0.4, 0.5) is 5.69 Å². The molecular formula is C13H19N3. The molecule has 1 aromatic carbocycles. The predicted molar refractivity (Wildman–Crippen MR) is 67.6 cm³/mol. The summed E-state index contributed by atoms with van der Waals surface area (Å²) in [6.45, 7) is 6.08. The van der Waals surface area contributed by atoms with E-state index in [9.17, 15) is 0 Å². The zero-order valence-electron chi connectivity index (χ0n) is 10.2. The van der Waals surface area contributed by atoms with Gasteiger partial charge in [0.1, 0.15) is 6.07 Å². The first-order valence-corrected chi connectivity index (χ1v) is 5.58. The molecule has 0 unspecified atom stereocenters. The average Bonchev–Trinajstić information content (AvgIpc) is 2.28. The predicted octanol–water partition coefficient (Wildman–Crippen LogP) is 1.99. The zero-order valence-corrected chi connectivity index (χ0v) is 10.2. The van der Waals surface area contributed by atoms with Crippen molar-refractivity contribution in [3.63, 3.8) is 0 Å². The fourth-order valence-electron chi connectivity index (χ4n) is 1.54. The van der Waals surface area contributed by atoms with Crippen LogP contribution in [-0.2, 0) is 0 Å². The molecule has 0 aliphatic heterocycles. The molecule has 1 aromatic rings. The highest BCUT2D eigenvalue weighted by atomic mass is 15.1. The monoisotopic (exact) mass is 217 g/mol. The molecule has 0 aliphatic carbocycles. The molecule has 0 aromatic heterocycles. The van der Waals surface area contributed by atoms with Crippen molar-refractivity contribution in [1.82, 2.24) is 5.32 Å². The van der Waals surface area contributed by atoms with Gasteiger partial charge < -0.3 is 10.2 Å². The molecule has 0 spiro atoms. The molecule has 86 valence electrons. The Morgan fingerprint density at radius 2 is 2.06 bits per heavy atom. The number of benzene rings is 1. The number of likely N-dealkylation sites (N-methyl/N-ethyl adjacent to an activating group) is 1. The van der Waals surface area contributed by atoms with Gasteiger partial charge in [-0.3, -0.25) is 0 Å². The van der Waals surface area contributed by atoms with Gasteiger partial charge in [0.05, 0.1) is 11.3 Å². The number of rotatable bonds is 5. The summed E-state index contributed by atoms with van der Waals surface area (Å²) in [6.07, 6.45) is 0. The van der Waals surface area contributed by atoms with E-state index in [1.807, 2.05) is 31.3 Å². The van der Waals surface area contributed by atoms with E-state index < -0.39 is 0 Å². The van der Waals surface area contributed by atoms with Crippen LogP contribution in [0.5, 0.6) is 0 Å². The number of nitriles is 1. The van der Waals surface area contributed by atoms with Gasteiger partial charge in [-0.05, 0) is 12.1 Å². The summed E-state index contributed by atoms with van der Waals surface area (Å²) in [5, 5.41) is 12.3. The smallest absolute Gasteiger partial charge is 0.101 e. The molecule has 0 fully saturated rings. The number of hydrogen-bond acceptors (Lipinski definition) is 3. The van der Waals surface area contributed by atoms with E-state index in [1.165, 1.54) is 0 Å². The SMILES string of the molecule is CC(C)NCCN(C)c1ccccc1C#N. The van der Waals surface area contributed by atoms with Gasteiger partial charge in [-0.25, -0.2) is 0 Å². The highest BCUT2D eigenvalue weighted by Crippen LogP contribution is 2.17. The Kier molecular flexibility index (Phi) is 4.81. The van der Waals surface area contributed by atoms with Gasteiger partial charge in [-0.2, -0.15) is 5.26 Å². The van der Waals surface area contributed by atoms with E-state index in [0.717, 1.165) is 24.3 Å². The van der Waals surface area contributed by atoms with Gasteiger partial charge in [0.15, 0.2) is 0 Å². The lowest BCUT2D eigenvalue weighted by molar-refractivity contribution is 0.589. The summed E-state index contributed by atoms with van der Waals surface area (Å²) < 4.78 is 0. The molecular weight excluding hydrogens is 198 g/mol. The summed E-state index contributed by atoms with van der Waals surface area (Å²) in [5.74, 6) is 0. The minimum atomic E-state index is 0.500. The molecule has 0 heterocycles. The van der Waals surface area contributed by atoms with Crippen LogP contribution in [0.2, 0.25) is 0 Å². The normalized spacial score (nSPS) is 10.2. The molecule has 0 saturated heterocycles. The maximum atomic E-state index is 8.99. The minimum absolute atomic E-state index is 0.500. The van der Waals surface area contributed by atoms with Crippen LogP contribution in [0.3, 0.4) is 0 Å². The molecule has 3 heteroatoms. The lowest BCUT2D eigenvalue weighted by Gasteiger charge is -2.21. The standard InChI is InChI=1S/C13H19N3/c1-11(2)15-8-9-16(3)13-7-5-4-6-12(13)10-14/h4-7,11,15H,8-9H2,1-3H3. The third-order valence-corrected chi connectivity index (χ3v) is 2.44. The van der Waals surface area contributed by atoms with Crippen molar-refractivity contribution in [2.45, 2.75) is 19.9 Å². The van der Waals surface area contributed by atoms with Gasteiger partial charge in [0, 0.05) is 26.2 Å². The third-order valence-electron chi connectivity index (χ3n) is 2.44. The number of anilines is 1. The maximum Gasteiger partial charge on any atom is 0.101 e. The van der Waals surface area contributed by atoms with Gasteiger partial charge in [-0.15, -0.1) is 0 Å². The van der Waals surface area contributed by atoms with Crippen molar-refractivity contribution >= 4 is 5.69 Å². The van der Waals surface area contributed by atoms with E-state index in [0.29, 0.717) is 6.04 Å². The Morgan fingerprint density at radius 1 is 1.38 bits per heavy atom. The van der Waals surface area contributed by atoms with E-state index in [-0.39, 0.29) is 0 Å². The van der Waals surface area contributed by atoms with Crippen LogP contribution in [0.25, 0.3) is 0 Å². The molecule has 0 bridgehead atoms. The van der Waals surface area contributed by atoms with Crippen LogP contribution in [0.1, 0.15) is 19.4 Å². The molecule has 0 radical (unpaired) electrons.